The molecule has 92 valence electrons. The minimum atomic E-state index is 0.0810. The molecule has 1 N–H and O–H groups in total. The topological polar surface area (TPSA) is 54.3 Å². The van der Waals surface area contributed by atoms with Crippen molar-refractivity contribution >= 4 is 5.69 Å². The van der Waals surface area contributed by atoms with Crippen LogP contribution in [-0.2, 0) is 4.74 Å². The van der Waals surface area contributed by atoms with Crippen LogP contribution in [0.3, 0.4) is 0 Å². The molecule has 1 aromatic carbocycles. The quantitative estimate of drug-likeness (QED) is 0.786. The molecule has 1 rings (SSSR count). The predicted octanol–water partition coefficient (Wildman–Crippen LogP) is 2.28. The molecule has 0 amide bonds. The Kier molecular flexibility index (Phi) is 5.91. The molecule has 1 unspecified atom stereocenters. The molecule has 0 aliphatic carbocycles. The summed E-state index contributed by atoms with van der Waals surface area (Å²) in [4.78, 5) is 0. The lowest BCUT2D eigenvalue weighted by Gasteiger charge is -2.12. The summed E-state index contributed by atoms with van der Waals surface area (Å²) in [5.74, 6) is 1.18. The van der Waals surface area contributed by atoms with Crippen LogP contribution in [0.25, 0.3) is 0 Å². The van der Waals surface area contributed by atoms with E-state index in [1.807, 2.05) is 30.3 Å². The average Bonchev–Trinajstić information content (AvgIpc) is 2.35. The third-order valence-electron chi connectivity index (χ3n) is 2.26. The summed E-state index contributed by atoms with van der Waals surface area (Å²) >= 11 is 0. The van der Waals surface area contributed by atoms with Crippen molar-refractivity contribution < 1.29 is 9.47 Å². The zero-order chi connectivity index (χ0) is 12.5. The first-order chi connectivity index (χ1) is 8.26. The van der Waals surface area contributed by atoms with Gasteiger partial charge in [-0.25, -0.2) is 0 Å². The summed E-state index contributed by atoms with van der Waals surface area (Å²) in [7, 11) is 1.71. The van der Waals surface area contributed by atoms with Gasteiger partial charge in [0.15, 0.2) is 6.61 Å². The number of ether oxygens (including phenoxy) is 2. The summed E-state index contributed by atoms with van der Waals surface area (Å²) < 4.78 is 10.2. The number of hydrogen-bond donors (Lipinski definition) is 1. The molecule has 0 saturated heterocycles. The number of hydrogen-bond acceptors (Lipinski definition) is 4. The number of nitrogens with zero attached hydrogens (tertiary/aromatic N) is 1. The van der Waals surface area contributed by atoms with Gasteiger partial charge in [0.1, 0.15) is 11.8 Å². The van der Waals surface area contributed by atoms with E-state index in [0.29, 0.717) is 11.7 Å². The molecule has 0 aliphatic heterocycles. The molecule has 0 radical (unpaired) electrons. The van der Waals surface area contributed by atoms with Crippen LogP contribution in [0.1, 0.15) is 6.92 Å². The van der Waals surface area contributed by atoms with E-state index in [1.54, 1.807) is 7.11 Å². The van der Waals surface area contributed by atoms with Crippen molar-refractivity contribution in [2.75, 3.05) is 32.2 Å². The molecule has 0 bridgehead atoms. The van der Waals surface area contributed by atoms with Crippen molar-refractivity contribution in [3.8, 4) is 11.8 Å². The largest absolute Gasteiger partial charge is 0.479 e. The lowest BCUT2D eigenvalue weighted by atomic mass is 10.2. The molecule has 4 nitrogen and oxygen atoms in total. The monoisotopic (exact) mass is 234 g/mol. The van der Waals surface area contributed by atoms with E-state index in [9.17, 15) is 0 Å². The van der Waals surface area contributed by atoms with Crippen LogP contribution >= 0.6 is 0 Å². The van der Waals surface area contributed by atoms with Crippen LogP contribution in [-0.4, -0.2) is 26.9 Å². The Balaban J connectivity index is 2.37. The Morgan fingerprint density at radius 3 is 2.65 bits per heavy atom. The van der Waals surface area contributed by atoms with Crippen molar-refractivity contribution in [2.45, 2.75) is 6.92 Å². The molecular formula is C13H18N2O2. The van der Waals surface area contributed by atoms with Gasteiger partial charge in [0.25, 0.3) is 0 Å². The molecule has 0 spiro atoms. The van der Waals surface area contributed by atoms with Crippen LogP contribution in [0.2, 0.25) is 0 Å². The fourth-order valence-corrected chi connectivity index (χ4v) is 1.42. The minimum Gasteiger partial charge on any atom is -0.479 e. The van der Waals surface area contributed by atoms with Gasteiger partial charge in [-0.1, -0.05) is 6.92 Å². The van der Waals surface area contributed by atoms with E-state index in [-0.39, 0.29) is 6.61 Å². The molecule has 1 aromatic rings. The predicted molar refractivity (Wildman–Crippen MR) is 67.1 cm³/mol. The molecular weight excluding hydrogens is 216 g/mol. The second-order valence-electron chi connectivity index (χ2n) is 3.91. The Morgan fingerprint density at radius 2 is 2.06 bits per heavy atom. The van der Waals surface area contributed by atoms with Crippen LogP contribution in [0.15, 0.2) is 24.3 Å². The molecule has 0 aromatic heterocycles. The Labute approximate surface area is 102 Å². The van der Waals surface area contributed by atoms with E-state index >= 15 is 0 Å². The van der Waals surface area contributed by atoms with Gasteiger partial charge in [0.05, 0.1) is 6.61 Å². The van der Waals surface area contributed by atoms with Gasteiger partial charge in [-0.2, -0.15) is 5.26 Å². The van der Waals surface area contributed by atoms with Gasteiger partial charge in [0, 0.05) is 19.3 Å². The van der Waals surface area contributed by atoms with Gasteiger partial charge < -0.3 is 14.8 Å². The molecule has 17 heavy (non-hydrogen) atoms. The van der Waals surface area contributed by atoms with Gasteiger partial charge >= 0.3 is 0 Å². The maximum atomic E-state index is 8.38. The highest BCUT2D eigenvalue weighted by molar-refractivity contribution is 5.46. The Hall–Kier alpha value is -1.73. The normalized spacial score (nSPS) is 11.6. The SMILES string of the molecule is COCC(C)CNc1ccc(OCC#N)cc1. The first-order valence-electron chi connectivity index (χ1n) is 5.59. The molecule has 0 aliphatic rings. The fraction of sp³-hybridized carbons (Fsp3) is 0.462. The summed E-state index contributed by atoms with van der Waals surface area (Å²) in [5.41, 5.74) is 1.04. The minimum absolute atomic E-state index is 0.0810. The van der Waals surface area contributed by atoms with Crippen molar-refractivity contribution in [3.63, 3.8) is 0 Å². The first kappa shape index (κ1) is 13.3. The van der Waals surface area contributed by atoms with Gasteiger partial charge in [0.2, 0.25) is 0 Å². The van der Waals surface area contributed by atoms with Gasteiger partial charge in [-0.3, -0.25) is 0 Å². The summed E-state index contributed by atoms with van der Waals surface area (Å²) in [6.07, 6.45) is 0. The van der Waals surface area contributed by atoms with Crippen molar-refractivity contribution in [2.24, 2.45) is 5.92 Å². The highest BCUT2D eigenvalue weighted by Crippen LogP contribution is 2.15. The second-order valence-corrected chi connectivity index (χ2v) is 3.91. The van der Waals surface area contributed by atoms with Crippen LogP contribution in [0.5, 0.6) is 5.75 Å². The lowest BCUT2D eigenvalue weighted by Crippen LogP contribution is -2.15. The number of benzene rings is 1. The molecule has 0 saturated carbocycles. The van der Waals surface area contributed by atoms with Gasteiger partial charge in [-0.15, -0.1) is 0 Å². The van der Waals surface area contributed by atoms with Crippen LogP contribution < -0.4 is 10.1 Å². The summed E-state index contributed by atoms with van der Waals surface area (Å²) in [6.45, 7) is 3.82. The Bertz CT molecular complexity index is 357. The van der Waals surface area contributed by atoms with E-state index in [2.05, 4.69) is 12.2 Å². The van der Waals surface area contributed by atoms with E-state index in [1.165, 1.54) is 0 Å². The number of rotatable bonds is 7. The maximum Gasteiger partial charge on any atom is 0.174 e. The highest BCUT2D eigenvalue weighted by Gasteiger charge is 2.01. The number of anilines is 1. The third kappa shape index (κ3) is 5.23. The molecule has 4 heteroatoms. The first-order valence-corrected chi connectivity index (χ1v) is 5.59. The van der Waals surface area contributed by atoms with Crippen LogP contribution in [0, 0.1) is 17.2 Å². The summed E-state index contributed by atoms with van der Waals surface area (Å²) in [5, 5.41) is 11.7. The number of methoxy groups -OCH3 is 1. The van der Waals surface area contributed by atoms with E-state index < -0.39 is 0 Å². The van der Waals surface area contributed by atoms with Gasteiger partial charge in [-0.05, 0) is 30.2 Å². The van der Waals surface area contributed by atoms with Crippen molar-refractivity contribution in [1.29, 1.82) is 5.26 Å². The van der Waals surface area contributed by atoms with E-state index in [4.69, 9.17) is 14.7 Å². The van der Waals surface area contributed by atoms with Crippen molar-refractivity contribution in [3.05, 3.63) is 24.3 Å². The molecule has 0 fully saturated rings. The lowest BCUT2D eigenvalue weighted by molar-refractivity contribution is 0.164. The smallest absolute Gasteiger partial charge is 0.174 e. The molecule has 1 atom stereocenters. The van der Waals surface area contributed by atoms with Crippen LogP contribution in [0.4, 0.5) is 5.69 Å². The second kappa shape index (κ2) is 7.53. The zero-order valence-corrected chi connectivity index (χ0v) is 10.3. The highest BCUT2D eigenvalue weighted by atomic mass is 16.5. The molecule has 0 heterocycles. The average molecular weight is 234 g/mol. The third-order valence-corrected chi connectivity index (χ3v) is 2.26. The fourth-order valence-electron chi connectivity index (χ4n) is 1.42. The summed E-state index contributed by atoms with van der Waals surface area (Å²) in [6, 6.07) is 9.50. The Morgan fingerprint density at radius 1 is 1.35 bits per heavy atom. The van der Waals surface area contributed by atoms with Crippen molar-refractivity contribution in [1.82, 2.24) is 0 Å². The maximum absolute atomic E-state index is 8.38. The van der Waals surface area contributed by atoms with E-state index in [0.717, 1.165) is 18.8 Å². The zero-order valence-electron chi connectivity index (χ0n) is 10.3. The standard InChI is InChI=1S/C13H18N2O2/c1-11(10-16-2)9-15-12-3-5-13(6-4-12)17-8-7-14/h3-6,11,15H,8-10H2,1-2H3. The number of nitrogens with one attached hydrogen (secondary N) is 1. The number of nitriles is 1.